The molecule has 0 saturated heterocycles. The molecule has 2 amide bonds. The molecule has 0 atom stereocenters. The minimum Gasteiger partial charge on any atom is -0.273 e. The lowest BCUT2D eigenvalue weighted by atomic mass is 9.86. The van der Waals surface area contributed by atoms with E-state index in [0.29, 0.717) is 12.3 Å². The molecule has 0 aromatic heterocycles. The highest BCUT2D eigenvalue weighted by Gasteiger charge is 2.18. The number of nitrogens with two attached hydrogens (primary N) is 1. The van der Waals surface area contributed by atoms with E-state index in [1.54, 1.807) is 0 Å². The lowest BCUT2D eigenvalue weighted by Crippen LogP contribution is -2.41. The maximum atomic E-state index is 12.0. The van der Waals surface area contributed by atoms with Crippen molar-refractivity contribution in [3.05, 3.63) is 28.8 Å². The summed E-state index contributed by atoms with van der Waals surface area (Å²) in [5.41, 5.74) is 4.64. The number of hydrogen-bond donors (Lipinski definition) is 3. The largest absolute Gasteiger partial charge is 0.273 e. The van der Waals surface area contributed by atoms with Crippen LogP contribution < -0.4 is 16.0 Å². The smallest absolute Gasteiger partial charge is 0.269 e. The summed E-state index contributed by atoms with van der Waals surface area (Å²) in [4.78, 5) is 23.5. The average molecular weight is 388 g/mol. The fourth-order valence-electron chi connectivity index (χ4n) is 2.93. The van der Waals surface area contributed by atoms with Crippen LogP contribution in [0.2, 0.25) is 5.02 Å². The van der Waals surface area contributed by atoms with Crippen LogP contribution in [0.3, 0.4) is 0 Å². The maximum absolute atomic E-state index is 12.0. The summed E-state index contributed by atoms with van der Waals surface area (Å²) >= 11 is 5.77. The Labute approximate surface area is 152 Å². The first kappa shape index (κ1) is 19.7. The molecule has 0 heterocycles. The van der Waals surface area contributed by atoms with Crippen molar-refractivity contribution < 1.29 is 18.0 Å². The van der Waals surface area contributed by atoms with Gasteiger partial charge in [-0.1, -0.05) is 43.7 Å². The molecule has 1 aromatic rings. The number of nitrogens with one attached hydrogen (secondary N) is 2. The average Bonchev–Trinajstić information content (AvgIpc) is 2.58. The van der Waals surface area contributed by atoms with E-state index >= 15 is 0 Å². The first-order valence-electron chi connectivity index (χ1n) is 8.19. The number of halogens is 1. The minimum atomic E-state index is -4.04. The summed E-state index contributed by atoms with van der Waals surface area (Å²) in [6, 6.07) is 3.68. The fraction of sp³-hybridized carbons (Fsp3) is 0.500. The van der Waals surface area contributed by atoms with Crippen LogP contribution in [-0.2, 0) is 14.8 Å². The van der Waals surface area contributed by atoms with Crippen LogP contribution >= 0.6 is 11.6 Å². The Morgan fingerprint density at radius 3 is 2.48 bits per heavy atom. The zero-order chi connectivity index (χ0) is 18.4. The molecular weight excluding hydrogens is 366 g/mol. The van der Waals surface area contributed by atoms with Crippen molar-refractivity contribution in [3.8, 4) is 0 Å². The number of amides is 2. The van der Waals surface area contributed by atoms with Crippen molar-refractivity contribution in [2.75, 3.05) is 0 Å². The predicted octanol–water partition coefficient (Wildman–Crippen LogP) is 2.11. The maximum Gasteiger partial charge on any atom is 0.269 e. The summed E-state index contributed by atoms with van der Waals surface area (Å²) in [6.07, 6.45) is 7.14. The van der Waals surface area contributed by atoms with E-state index in [4.69, 9.17) is 16.7 Å². The number of benzene rings is 1. The summed E-state index contributed by atoms with van der Waals surface area (Å²) in [5, 5.41) is 4.97. The summed E-state index contributed by atoms with van der Waals surface area (Å²) in [6.45, 7) is 0. The van der Waals surface area contributed by atoms with Crippen LogP contribution in [0.25, 0.3) is 0 Å². The highest BCUT2D eigenvalue weighted by Crippen LogP contribution is 2.27. The lowest BCUT2D eigenvalue weighted by Gasteiger charge is -2.21. The van der Waals surface area contributed by atoms with Crippen molar-refractivity contribution in [2.45, 2.75) is 49.8 Å². The van der Waals surface area contributed by atoms with E-state index in [9.17, 15) is 18.0 Å². The second-order valence-corrected chi connectivity index (χ2v) is 8.17. The van der Waals surface area contributed by atoms with Crippen molar-refractivity contribution in [1.29, 1.82) is 0 Å². The van der Waals surface area contributed by atoms with Gasteiger partial charge < -0.3 is 0 Å². The van der Waals surface area contributed by atoms with Gasteiger partial charge in [-0.15, -0.1) is 0 Å². The number of rotatable bonds is 5. The summed E-state index contributed by atoms with van der Waals surface area (Å²) in [7, 11) is -4.04. The van der Waals surface area contributed by atoms with E-state index < -0.39 is 15.9 Å². The molecule has 2 rings (SSSR count). The van der Waals surface area contributed by atoms with Gasteiger partial charge in [0.1, 0.15) is 4.90 Å². The Morgan fingerprint density at radius 2 is 1.84 bits per heavy atom. The molecule has 0 bridgehead atoms. The molecule has 1 aliphatic rings. The molecule has 0 radical (unpaired) electrons. The second kappa shape index (κ2) is 8.64. The van der Waals surface area contributed by atoms with E-state index in [2.05, 4.69) is 10.9 Å². The van der Waals surface area contributed by atoms with E-state index in [0.717, 1.165) is 25.3 Å². The van der Waals surface area contributed by atoms with Gasteiger partial charge in [0.2, 0.25) is 15.9 Å². The molecule has 0 unspecified atom stereocenters. The van der Waals surface area contributed by atoms with Gasteiger partial charge in [0.15, 0.2) is 0 Å². The molecule has 9 heteroatoms. The van der Waals surface area contributed by atoms with Gasteiger partial charge in [0.05, 0.1) is 5.02 Å². The van der Waals surface area contributed by atoms with Gasteiger partial charge in [-0.05, 0) is 30.5 Å². The molecule has 1 saturated carbocycles. The SMILES string of the molecule is NS(=O)(=O)c1cc(C(=O)NNC(=O)CCC2CCCCC2)ccc1Cl. The zero-order valence-electron chi connectivity index (χ0n) is 13.8. The monoisotopic (exact) mass is 387 g/mol. The lowest BCUT2D eigenvalue weighted by molar-refractivity contribution is -0.122. The van der Waals surface area contributed by atoms with Gasteiger partial charge in [-0.25, -0.2) is 13.6 Å². The molecule has 138 valence electrons. The van der Waals surface area contributed by atoms with Crippen molar-refractivity contribution >= 4 is 33.4 Å². The number of hydrogen-bond acceptors (Lipinski definition) is 4. The summed E-state index contributed by atoms with van der Waals surface area (Å²) < 4.78 is 22.8. The highest BCUT2D eigenvalue weighted by molar-refractivity contribution is 7.89. The Hall–Kier alpha value is -1.64. The van der Waals surface area contributed by atoms with Crippen molar-refractivity contribution in [1.82, 2.24) is 10.9 Å². The molecular formula is C16H22ClN3O4S. The van der Waals surface area contributed by atoms with Gasteiger partial charge in [0, 0.05) is 12.0 Å². The standard InChI is InChI=1S/C16H22ClN3O4S/c17-13-8-7-12(10-14(13)25(18,23)24)16(22)20-19-15(21)9-6-11-4-2-1-3-5-11/h7-8,10-11H,1-6,9H2,(H,19,21)(H,20,22)(H2,18,23,24). The van der Waals surface area contributed by atoms with Crippen LogP contribution in [0.1, 0.15) is 55.3 Å². The minimum absolute atomic E-state index is 0.0287. The molecule has 1 aliphatic carbocycles. The topological polar surface area (TPSA) is 118 Å². The first-order valence-corrected chi connectivity index (χ1v) is 10.1. The number of carbonyl (C=O) groups excluding carboxylic acids is 2. The van der Waals surface area contributed by atoms with Crippen LogP contribution in [0, 0.1) is 5.92 Å². The van der Waals surface area contributed by atoms with Gasteiger partial charge in [0.25, 0.3) is 5.91 Å². The number of sulfonamides is 1. The van der Waals surface area contributed by atoms with Crippen molar-refractivity contribution in [3.63, 3.8) is 0 Å². The molecule has 1 aromatic carbocycles. The van der Waals surface area contributed by atoms with Crippen LogP contribution in [0.15, 0.2) is 23.1 Å². The molecule has 0 spiro atoms. The number of hydrazine groups is 1. The van der Waals surface area contributed by atoms with Crippen molar-refractivity contribution in [2.24, 2.45) is 11.1 Å². The molecule has 1 fully saturated rings. The molecule has 25 heavy (non-hydrogen) atoms. The first-order chi connectivity index (χ1) is 11.8. The Balaban J connectivity index is 1.86. The zero-order valence-corrected chi connectivity index (χ0v) is 15.3. The van der Waals surface area contributed by atoms with E-state index in [1.807, 2.05) is 0 Å². The Morgan fingerprint density at radius 1 is 1.16 bits per heavy atom. The van der Waals surface area contributed by atoms with Gasteiger partial charge >= 0.3 is 0 Å². The van der Waals surface area contributed by atoms with Crippen LogP contribution in [-0.4, -0.2) is 20.2 Å². The van der Waals surface area contributed by atoms with Crippen LogP contribution in [0.4, 0.5) is 0 Å². The number of primary sulfonamides is 1. The molecule has 7 nitrogen and oxygen atoms in total. The third-order valence-corrected chi connectivity index (χ3v) is 5.71. The number of carbonyl (C=O) groups is 2. The normalized spacial score (nSPS) is 15.6. The van der Waals surface area contributed by atoms with E-state index in [-0.39, 0.29) is 21.4 Å². The van der Waals surface area contributed by atoms with Gasteiger partial charge in [-0.3, -0.25) is 20.4 Å². The quantitative estimate of drug-likeness (QED) is 0.670. The summed E-state index contributed by atoms with van der Waals surface area (Å²) in [5.74, 6) is -0.351. The third-order valence-electron chi connectivity index (χ3n) is 4.32. The second-order valence-electron chi connectivity index (χ2n) is 6.24. The van der Waals surface area contributed by atoms with E-state index in [1.165, 1.54) is 31.4 Å². The highest BCUT2D eigenvalue weighted by atomic mass is 35.5. The Kier molecular flexibility index (Phi) is 6.80. The fourth-order valence-corrected chi connectivity index (χ4v) is 4.01. The predicted molar refractivity (Wildman–Crippen MR) is 94.2 cm³/mol. The molecule has 4 N–H and O–H groups in total. The molecule has 0 aliphatic heterocycles. The third kappa shape index (κ3) is 5.98. The van der Waals surface area contributed by atoms with Gasteiger partial charge in [-0.2, -0.15) is 0 Å². The Bertz CT molecular complexity index is 746. The van der Waals surface area contributed by atoms with Crippen LogP contribution in [0.5, 0.6) is 0 Å².